The van der Waals surface area contributed by atoms with Gasteiger partial charge in [-0.1, -0.05) is 24.0 Å². The topological polar surface area (TPSA) is 47.6 Å². The summed E-state index contributed by atoms with van der Waals surface area (Å²) in [6.07, 6.45) is 0. The summed E-state index contributed by atoms with van der Waals surface area (Å²) in [5.41, 5.74) is 6.29. The Morgan fingerprint density at radius 1 is 1.13 bits per heavy atom. The standard InChI is InChI=1S/C26H32N4O/c1-19-16-20(8-9-24(19)27-4)10-11-26(2,3)30-17-21-6-5-7-22(23(21)18-30)25(31)29-14-12-28-13-15-29/h5-9,16,27-28H,12-15,17-18H2,1-4H3. The lowest BCUT2D eigenvalue weighted by atomic mass is 10.0. The average Bonchev–Trinajstić information content (AvgIpc) is 3.23. The minimum Gasteiger partial charge on any atom is -0.388 e. The number of nitrogens with zero attached hydrogens (tertiary/aromatic N) is 2. The van der Waals surface area contributed by atoms with Crippen molar-refractivity contribution in [2.24, 2.45) is 0 Å². The molecule has 4 rings (SSSR count). The van der Waals surface area contributed by atoms with Crippen LogP contribution < -0.4 is 10.6 Å². The lowest BCUT2D eigenvalue weighted by Gasteiger charge is -2.30. The van der Waals surface area contributed by atoms with E-state index in [0.717, 1.165) is 61.6 Å². The van der Waals surface area contributed by atoms with Gasteiger partial charge in [-0.25, -0.2) is 0 Å². The molecule has 162 valence electrons. The summed E-state index contributed by atoms with van der Waals surface area (Å²) >= 11 is 0. The van der Waals surface area contributed by atoms with Crippen molar-refractivity contribution in [3.8, 4) is 11.8 Å². The van der Waals surface area contributed by atoms with Gasteiger partial charge in [0.2, 0.25) is 0 Å². The molecule has 1 amide bonds. The van der Waals surface area contributed by atoms with E-state index < -0.39 is 0 Å². The molecule has 2 aromatic rings. The van der Waals surface area contributed by atoms with Crippen molar-refractivity contribution in [2.45, 2.75) is 39.4 Å². The number of rotatable bonds is 3. The summed E-state index contributed by atoms with van der Waals surface area (Å²) in [6.45, 7) is 11.3. The molecule has 2 aliphatic heterocycles. The normalized spacial score (nSPS) is 16.5. The molecule has 0 atom stereocenters. The SMILES string of the molecule is CNc1ccc(C#CC(C)(C)N2Cc3cccc(C(=O)N4CCNCC4)c3C2)cc1C. The minimum absolute atomic E-state index is 0.157. The molecule has 1 fully saturated rings. The summed E-state index contributed by atoms with van der Waals surface area (Å²) in [5.74, 6) is 7.01. The molecule has 0 saturated carbocycles. The summed E-state index contributed by atoms with van der Waals surface area (Å²) in [5, 5.41) is 6.51. The fourth-order valence-corrected chi connectivity index (χ4v) is 4.38. The van der Waals surface area contributed by atoms with Crippen molar-refractivity contribution >= 4 is 11.6 Å². The van der Waals surface area contributed by atoms with Gasteiger partial charge in [-0.3, -0.25) is 9.69 Å². The maximum Gasteiger partial charge on any atom is 0.254 e. The van der Waals surface area contributed by atoms with Gasteiger partial charge in [0.1, 0.15) is 0 Å². The zero-order valence-corrected chi connectivity index (χ0v) is 19.0. The molecular weight excluding hydrogens is 384 g/mol. The van der Waals surface area contributed by atoms with Gasteiger partial charge in [-0.15, -0.1) is 0 Å². The molecule has 2 aliphatic rings. The molecule has 5 nitrogen and oxygen atoms in total. The maximum atomic E-state index is 13.2. The second-order valence-corrected chi connectivity index (χ2v) is 8.93. The van der Waals surface area contributed by atoms with E-state index in [2.05, 4.69) is 72.4 Å². The van der Waals surface area contributed by atoms with E-state index in [-0.39, 0.29) is 11.4 Å². The number of carbonyl (C=O) groups excluding carboxylic acids is 1. The Morgan fingerprint density at radius 3 is 2.61 bits per heavy atom. The number of aryl methyl sites for hydroxylation is 1. The summed E-state index contributed by atoms with van der Waals surface area (Å²) in [4.78, 5) is 17.5. The van der Waals surface area contributed by atoms with Gasteiger partial charge >= 0.3 is 0 Å². The largest absolute Gasteiger partial charge is 0.388 e. The average molecular weight is 417 g/mol. The van der Waals surface area contributed by atoms with Crippen LogP contribution in [0.25, 0.3) is 0 Å². The van der Waals surface area contributed by atoms with E-state index >= 15 is 0 Å². The number of benzene rings is 2. The fourth-order valence-electron chi connectivity index (χ4n) is 4.38. The molecule has 0 bridgehead atoms. The molecule has 1 saturated heterocycles. The highest BCUT2D eigenvalue weighted by Gasteiger charge is 2.33. The Hall–Kier alpha value is -2.81. The molecule has 2 heterocycles. The Bertz CT molecular complexity index is 1040. The number of hydrogen-bond acceptors (Lipinski definition) is 4. The first-order valence-electron chi connectivity index (χ1n) is 11.1. The summed E-state index contributed by atoms with van der Waals surface area (Å²) < 4.78 is 0. The van der Waals surface area contributed by atoms with Crippen LogP contribution >= 0.6 is 0 Å². The molecule has 2 N–H and O–H groups in total. The zero-order valence-electron chi connectivity index (χ0n) is 19.0. The van der Waals surface area contributed by atoms with Gasteiger partial charge in [-0.2, -0.15) is 0 Å². The number of piperazine rings is 1. The van der Waals surface area contributed by atoms with Crippen LogP contribution in [-0.2, 0) is 13.1 Å². The Kier molecular flexibility index (Phi) is 6.04. The number of amides is 1. The first kappa shape index (κ1) is 21.4. The van der Waals surface area contributed by atoms with Crippen molar-refractivity contribution in [3.63, 3.8) is 0 Å². The van der Waals surface area contributed by atoms with Crippen LogP contribution in [0.3, 0.4) is 0 Å². The number of fused-ring (bicyclic) bond motifs is 1. The summed E-state index contributed by atoms with van der Waals surface area (Å²) in [6, 6.07) is 12.4. The van der Waals surface area contributed by atoms with Gasteiger partial charge in [0.15, 0.2) is 0 Å². The third-order valence-electron chi connectivity index (χ3n) is 6.42. The van der Waals surface area contributed by atoms with Crippen molar-refractivity contribution in [3.05, 3.63) is 64.2 Å². The minimum atomic E-state index is -0.302. The van der Waals surface area contributed by atoms with Crippen LogP contribution in [0.2, 0.25) is 0 Å². The van der Waals surface area contributed by atoms with Crippen LogP contribution in [0.5, 0.6) is 0 Å². The molecule has 0 aliphatic carbocycles. The number of carbonyl (C=O) groups is 1. The van der Waals surface area contributed by atoms with Crippen LogP contribution in [0, 0.1) is 18.8 Å². The van der Waals surface area contributed by atoms with Gasteiger partial charge in [0, 0.05) is 63.1 Å². The maximum absolute atomic E-state index is 13.2. The van der Waals surface area contributed by atoms with Crippen LogP contribution in [0.1, 0.15) is 46.5 Å². The molecule has 0 aromatic heterocycles. The second kappa shape index (κ2) is 8.74. The van der Waals surface area contributed by atoms with Crippen molar-refractivity contribution < 1.29 is 4.79 Å². The van der Waals surface area contributed by atoms with E-state index in [4.69, 9.17) is 0 Å². The fraction of sp³-hybridized carbons (Fsp3) is 0.423. The smallest absolute Gasteiger partial charge is 0.254 e. The van der Waals surface area contributed by atoms with Gasteiger partial charge in [0.25, 0.3) is 5.91 Å². The van der Waals surface area contributed by atoms with Crippen molar-refractivity contribution in [2.75, 3.05) is 38.5 Å². The molecule has 0 spiro atoms. The lowest BCUT2D eigenvalue weighted by molar-refractivity contribution is 0.0733. The van der Waals surface area contributed by atoms with Crippen LogP contribution in [0.15, 0.2) is 36.4 Å². The van der Waals surface area contributed by atoms with E-state index in [9.17, 15) is 4.79 Å². The molecule has 2 aromatic carbocycles. The van der Waals surface area contributed by atoms with E-state index in [0.29, 0.717) is 0 Å². The molecular formula is C26H32N4O. The van der Waals surface area contributed by atoms with E-state index in [1.54, 1.807) is 0 Å². The zero-order chi connectivity index (χ0) is 22.0. The van der Waals surface area contributed by atoms with E-state index in [1.165, 1.54) is 11.1 Å². The Balaban J connectivity index is 1.53. The molecule has 0 unspecified atom stereocenters. The van der Waals surface area contributed by atoms with Crippen LogP contribution in [-0.4, -0.2) is 54.5 Å². The van der Waals surface area contributed by atoms with Crippen molar-refractivity contribution in [1.29, 1.82) is 0 Å². The summed E-state index contributed by atoms with van der Waals surface area (Å²) in [7, 11) is 1.93. The number of nitrogens with one attached hydrogen (secondary N) is 2. The molecule has 31 heavy (non-hydrogen) atoms. The highest BCUT2D eigenvalue weighted by Crippen LogP contribution is 2.32. The Morgan fingerprint density at radius 2 is 1.90 bits per heavy atom. The van der Waals surface area contributed by atoms with Crippen molar-refractivity contribution in [1.82, 2.24) is 15.1 Å². The Labute approximate surface area is 185 Å². The first-order valence-corrected chi connectivity index (χ1v) is 11.1. The predicted octanol–water partition coefficient (Wildman–Crippen LogP) is 3.23. The van der Waals surface area contributed by atoms with Gasteiger partial charge in [0.05, 0.1) is 5.54 Å². The quantitative estimate of drug-likeness (QED) is 0.755. The highest BCUT2D eigenvalue weighted by atomic mass is 16.2. The second-order valence-electron chi connectivity index (χ2n) is 8.93. The van der Waals surface area contributed by atoms with Gasteiger partial charge in [-0.05, 0) is 61.7 Å². The predicted molar refractivity (Wildman–Crippen MR) is 126 cm³/mol. The van der Waals surface area contributed by atoms with Gasteiger partial charge < -0.3 is 15.5 Å². The molecule has 5 heteroatoms. The number of anilines is 1. The third-order valence-corrected chi connectivity index (χ3v) is 6.42. The number of hydrogen-bond donors (Lipinski definition) is 2. The van der Waals surface area contributed by atoms with E-state index in [1.807, 2.05) is 24.1 Å². The van der Waals surface area contributed by atoms with Crippen LogP contribution in [0.4, 0.5) is 5.69 Å². The monoisotopic (exact) mass is 416 g/mol. The molecule has 0 radical (unpaired) electrons. The first-order chi connectivity index (χ1) is 14.9. The third kappa shape index (κ3) is 4.46. The lowest BCUT2D eigenvalue weighted by Crippen LogP contribution is -2.46. The highest BCUT2D eigenvalue weighted by molar-refractivity contribution is 5.96.